The van der Waals surface area contributed by atoms with Gasteiger partial charge in [-0.2, -0.15) is 23.4 Å². The van der Waals surface area contributed by atoms with Crippen LogP contribution in [0.25, 0.3) is 21.9 Å². The van der Waals surface area contributed by atoms with Gasteiger partial charge < -0.3 is 10.1 Å². The van der Waals surface area contributed by atoms with Crippen LogP contribution >= 0.6 is 0 Å². The lowest BCUT2D eigenvalue weighted by atomic mass is 9.96. The molecule has 2 heterocycles. The Hall–Kier alpha value is -3.95. The number of hydrogen-bond acceptors (Lipinski definition) is 5. The Morgan fingerprint density at radius 1 is 1.16 bits per heavy atom. The van der Waals surface area contributed by atoms with Crippen molar-refractivity contribution in [1.29, 1.82) is 0 Å². The van der Waals surface area contributed by atoms with Crippen molar-refractivity contribution in [3.05, 3.63) is 66.0 Å². The highest BCUT2D eigenvalue weighted by Gasteiger charge is 2.29. The van der Waals surface area contributed by atoms with E-state index in [1.165, 1.54) is 6.20 Å². The summed E-state index contributed by atoms with van der Waals surface area (Å²) in [5.74, 6) is 0.0875. The van der Waals surface area contributed by atoms with E-state index in [2.05, 4.69) is 20.6 Å². The molecular formula is C22H18F3N5O2. The Morgan fingerprint density at radius 2 is 1.97 bits per heavy atom. The van der Waals surface area contributed by atoms with Gasteiger partial charge in [0.05, 0.1) is 12.4 Å². The third-order valence-corrected chi connectivity index (χ3v) is 4.87. The lowest BCUT2D eigenvalue weighted by Crippen LogP contribution is -2.19. The van der Waals surface area contributed by atoms with Gasteiger partial charge in [0.2, 0.25) is 5.88 Å². The van der Waals surface area contributed by atoms with E-state index >= 15 is 0 Å². The molecule has 1 amide bonds. The van der Waals surface area contributed by atoms with Gasteiger partial charge in [0.15, 0.2) is 6.61 Å². The SMILES string of the molecule is Cc1ccc(C(=O)Nc2ccnn2C)cc1-c1ccc2c(OCC(F)(F)F)nncc2c1. The van der Waals surface area contributed by atoms with Crippen molar-refractivity contribution in [2.24, 2.45) is 7.05 Å². The fourth-order valence-corrected chi connectivity index (χ4v) is 3.25. The monoisotopic (exact) mass is 441 g/mol. The summed E-state index contributed by atoms with van der Waals surface area (Å²) in [5, 5.41) is 15.2. The first-order chi connectivity index (χ1) is 15.2. The standard InChI is InChI=1S/C22H18F3N5O2/c1-13-3-4-15(20(31)28-19-7-8-27-30(19)2)10-18(13)14-5-6-17-16(9-14)11-26-29-21(17)32-12-22(23,24)25/h3-11H,12H2,1-2H3,(H,28,31). The zero-order valence-corrected chi connectivity index (χ0v) is 17.1. The minimum Gasteiger partial charge on any atom is -0.467 e. The van der Waals surface area contributed by atoms with Gasteiger partial charge in [-0.05, 0) is 47.9 Å². The molecule has 2 aromatic carbocycles. The van der Waals surface area contributed by atoms with Crippen LogP contribution in [0.1, 0.15) is 15.9 Å². The molecule has 7 nitrogen and oxygen atoms in total. The quantitative estimate of drug-likeness (QED) is 0.492. The van der Waals surface area contributed by atoms with Crippen molar-refractivity contribution in [1.82, 2.24) is 20.0 Å². The molecule has 32 heavy (non-hydrogen) atoms. The Morgan fingerprint density at radius 3 is 2.69 bits per heavy atom. The van der Waals surface area contributed by atoms with Crippen molar-refractivity contribution in [3.8, 4) is 17.0 Å². The molecule has 0 radical (unpaired) electrons. The number of carbonyl (C=O) groups excluding carboxylic acids is 1. The molecular weight excluding hydrogens is 423 g/mol. The van der Waals surface area contributed by atoms with E-state index in [0.717, 1.165) is 16.7 Å². The molecule has 2 aromatic heterocycles. The number of alkyl halides is 3. The van der Waals surface area contributed by atoms with E-state index in [-0.39, 0.29) is 11.8 Å². The molecule has 4 aromatic rings. The number of hydrogen-bond donors (Lipinski definition) is 1. The molecule has 0 unspecified atom stereocenters. The lowest BCUT2D eigenvalue weighted by molar-refractivity contribution is -0.153. The fraction of sp³-hybridized carbons (Fsp3) is 0.182. The van der Waals surface area contributed by atoms with Crippen LogP contribution in [-0.2, 0) is 7.05 Å². The second kappa shape index (κ2) is 8.29. The zero-order valence-electron chi connectivity index (χ0n) is 17.1. The number of rotatable bonds is 5. The van der Waals surface area contributed by atoms with Crippen molar-refractivity contribution in [2.45, 2.75) is 13.1 Å². The van der Waals surface area contributed by atoms with Crippen LogP contribution in [0.15, 0.2) is 54.9 Å². The highest BCUT2D eigenvalue weighted by atomic mass is 19.4. The van der Waals surface area contributed by atoms with Gasteiger partial charge in [-0.1, -0.05) is 12.1 Å². The van der Waals surface area contributed by atoms with E-state index in [1.807, 2.05) is 13.0 Å². The summed E-state index contributed by atoms with van der Waals surface area (Å²) in [5.41, 5.74) is 2.96. The molecule has 0 spiro atoms. The van der Waals surface area contributed by atoms with Crippen LogP contribution in [0.2, 0.25) is 0 Å². The third kappa shape index (κ3) is 4.53. The first-order valence-corrected chi connectivity index (χ1v) is 9.56. The van der Waals surface area contributed by atoms with E-state index < -0.39 is 12.8 Å². The van der Waals surface area contributed by atoms with Gasteiger partial charge in [0.25, 0.3) is 5.91 Å². The second-order valence-electron chi connectivity index (χ2n) is 7.18. The number of benzene rings is 2. The second-order valence-corrected chi connectivity index (χ2v) is 7.18. The maximum Gasteiger partial charge on any atom is 0.422 e. The molecule has 0 fully saturated rings. The van der Waals surface area contributed by atoms with Gasteiger partial charge in [-0.15, -0.1) is 5.10 Å². The fourth-order valence-electron chi connectivity index (χ4n) is 3.25. The molecule has 0 atom stereocenters. The minimum absolute atomic E-state index is 0.188. The van der Waals surface area contributed by atoms with E-state index in [0.29, 0.717) is 22.2 Å². The highest BCUT2D eigenvalue weighted by molar-refractivity contribution is 6.04. The predicted molar refractivity (Wildman–Crippen MR) is 112 cm³/mol. The number of aryl methyl sites for hydroxylation is 2. The summed E-state index contributed by atoms with van der Waals surface area (Å²) in [7, 11) is 1.72. The Balaban J connectivity index is 1.65. The van der Waals surface area contributed by atoms with Gasteiger partial charge in [-0.3, -0.25) is 9.48 Å². The number of anilines is 1. The smallest absolute Gasteiger partial charge is 0.422 e. The molecule has 10 heteroatoms. The third-order valence-electron chi connectivity index (χ3n) is 4.87. The Bertz CT molecular complexity index is 1300. The van der Waals surface area contributed by atoms with Crippen molar-refractivity contribution >= 4 is 22.5 Å². The molecule has 0 aliphatic heterocycles. The summed E-state index contributed by atoms with van der Waals surface area (Å²) >= 11 is 0. The van der Waals surface area contributed by atoms with Crippen LogP contribution in [0.4, 0.5) is 19.0 Å². The Labute approximate surface area is 180 Å². The van der Waals surface area contributed by atoms with E-state index in [1.54, 1.807) is 54.3 Å². The number of nitrogens with one attached hydrogen (secondary N) is 1. The first kappa shape index (κ1) is 21.3. The average Bonchev–Trinajstić information content (AvgIpc) is 3.15. The average molecular weight is 441 g/mol. The predicted octanol–water partition coefficient (Wildman–Crippen LogP) is 4.53. The minimum atomic E-state index is -4.47. The number of aromatic nitrogens is 4. The molecule has 1 N–H and O–H groups in total. The summed E-state index contributed by atoms with van der Waals surface area (Å²) in [6.07, 6.45) is -1.44. The van der Waals surface area contributed by atoms with Crippen LogP contribution in [0.5, 0.6) is 5.88 Å². The Kier molecular flexibility index (Phi) is 5.52. The zero-order chi connectivity index (χ0) is 22.9. The number of fused-ring (bicyclic) bond motifs is 1. The molecule has 0 saturated heterocycles. The number of carbonyl (C=O) groups is 1. The number of nitrogens with zero attached hydrogens (tertiary/aromatic N) is 4. The van der Waals surface area contributed by atoms with Crippen molar-refractivity contribution in [3.63, 3.8) is 0 Å². The maximum absolute atomic E-state index is 12.7. The lowest BCUT2D eigenvalue weighted by Gasteiger charge is -2.12. The van der Waals surface area contributed by atoms with Gasteiger partial charge in [-0.25, -0.2) is 0 Å². The summed E-state index contributed by atoms with van der Waals surface area (Å²) < 4.78 is 43.9. The number of ether oxygens (including phenoxy) is 1. The largest absolute Gasteiger partial charge is 0.467 e. The van der Waals surface area contributed by atoms with E-state index in [9.17, 15) is 18.0 Å². The summed E-state index contributed by atoms with van der Waals surface area (Å²) in [4.78, 5) is 12.7. The van der Waals surface area contributed by atoms with Gasteiger partial charge in [0, 0.05) is 29.4 Å². The van der Waals surface area contributed by atoms with Gasteiger partial charge >= 0.3 is 6.18 Å². The van der Waals surface area contributed by atoms with Crippen molar-refractivity contribution < 1.29 is 22.7 Å². The van der Waals surface area contributed by atoms with Crippen molar-refractivity contribution in [2.75, 3.05) is 11.9 Å². The number of halogens is 3. The van der Waals surface area contributed by atoms with Crippen LogP contribution in [0, 0.1) is 6.92 Å². The number of amides is 1. The molecule has 164 valence electrons. The summed E-state index contributed by atoms with van der Waals surface area (Å²) in [6.45, 7) is 0.459. The molecule has 0 saturated carbocycles. The highest BCUT2D eigenvalue weighted by Crippen LogP contribution is 2.31. The molecule has 4 rings (SSSR count). The van der Waals surface area contributed by atoms with E-state index in [4.69, 9.17) is 4.74 Å². The first-order valence-electron chi connectivity index (χ1n) is 9.56. The maximum atomic E-state index is 12.7. The molecule has 0 bridgehead atoms. The van der Waals surface area contributed by atoms with Crippen LogP contribution < -0.4 is 10.1 Å². The molecule has 0 aliphatic carbocycles. The molecule has 0 aliphatic rings. The van der Waals surface area contributed by atoms with Gasteiger partial charge in [0.1, 0.15) is 5.82 Å². The topological polar surface area (TPSA) is 81.9 Å². The summed E-state index contributed by atoms with van der Waals surface area (Å²) in [6, 6.07) is 12.2. The normalized spacial score (nSPS) is 11.5. The van der Waals surface area contributed by atoms with Crippen LogP contribution in [-0.4, -0.2) is 38.7 Å². The van der Waals surface area contributed by atoms with Crippen LogP contribution in [0.3, 0.4) is 0 Å².